The Morgan fingerprint density at radius 1 is 1.31 bits per heavy atom. The van der Waals surface area contributed by atoms with Gasteiger partial charge in [0, 0.05) is 34.1 Å². The van der Waals surface area contributed by atoms with E-state index in [0.29, 0.717) is 21.1 Å². The van der Waals surface area contributed by atoms with Crippen molar-refractivity contribution in [2.75, 3.05) is 0 Å². The van der Waals surface area contributed by atoms with Crippen molar-refractivity contribution in [3.8, 4) is 6.07 Å². The summed E-state index contributed by atoms with van der Waals surface area (Å²) in [6.07, 6.45) is 0.750. The van der Waals surface area contributed by atoms with E-state index in [9.17, 15) is 9.18 Å². The second-order valence-electron chi connectivity index (χ2n) is 5.25. The van der Waals surface area contributed by atoms with Crippen LogP contribution in [0.5, 0.6) is 0 Å². The van der Waals surface area contributed by atoms with Crippen LogP contribution in [0.3, 0.4) is 0 Å². The van der Waals surface area contributed by atoms with E-state index < -0.39 is 17.9 Å². The molecule has 26 heavy (non-hydrogen) atoms. The van der Waals surface area contributed by atoms with Crippen molar-refractivity contribution in [1.82, 2.24) is 4.98 Å². The summed E-state index contributed by atoms with van der Waals surface area (Å²) in [7, 11) is 0. The molecular weight excluding hydrogens is 399 g/mol. The lowest BCUT2D eigenvalue weighted by atomic mass is 9.98. The van der Waals surface area contributed by atoms with Crippen LogP contribution in [-0.4, -0.2) is 11.0 Å². The van der Waals surface area contributed by atoms with E-state index in [2.05, 4.69) is 20.9 Å². The molecule has 1 N–H and O–H groups in total. The summed E-state index contributed by atoms with van der Waals surface area (Å²) >= 11 is 3.42. The number of H-pyrrole nitrogens is 1. The Morgan fingerprint density at radius 3 is 2.69 bits per heavy atom. The number of nitrogens with one attached hydrogen (secondary N) is 1. The molecule has 0 saturated heterocycles. The van der Waals surface area contributed by atoms with Gasteiger partial charge in [0.1, 0.15) is 5.82 Å². The van der Waals surface area contributed by atoms with Gasteiger partial charge in [0.15, 0.2) is 6.10 Å². The van der Waals surface area contributed by atoms with Gasteiger partial charge in [-0.3, -0.25) is 4.79 Å². The van der Waals surface area contributed by atoms with E-state index in [4.69, 9.17) is 10.00 Å². The van der Waals surface area contributed by atoms with Crippen LogP contribution in [0.1, 0.15) is 43.6 Å². The Balaban J connectivity index is 0.00000117. The number of esters is 1. The van der Waals surface area contributed by atoms with Crippen LogP contribution in [0.25, 0.3) is 10.9 Å². The highest BCUT2D eigenvalue weighted by Crippen LogP contribution is 2.38. The molecule has 0 radical (unpaired) electrons. The third-order valence-corrected chi connectivity index (χ3v) is 4.50. The van der Waals surface area contributed by atoms with Crippen LogP contribution in [0, 0.1) is 17.1 Å². The second-order valence-corrected chi connectivity index (χ2v) is 6.04. The number of ether oxygens (including phenoxy) is 1. The Hall–Kier alpha value is -2.65. The van der Waals surface area contributed by atoms with Crippen molar-refractivity contribution in [3.05, 3.63) is 69.6 Å². The average Bonchev–Trinajstić information content (AvgIpc) is 3.11. The SMILES string of the molecule is CC.CC(=O)OC(c1cccc(C#N)c1)c1c(F)cc2[nH]ccc2c1Br. The van der Waals surface area contributed by atoms with Gasteiger partial charge in [0.25, 0.3) is 0 Å². The molecule has 0 aliphatic rings. The number of aromatic nitrogens is 1. The summed E-state index contributed by atoms with van der Waals surface area (Å²) in [5.41, 5.74) is 1.78. The molecule has 1 atom stereocenters. The van der Waals surface area contributed by atoms with Crippen molar-refractivity contribution >= 4 is 32.8 Å². The third kappa shape index (κ3) is 3.94. The van der Waals surface area contributed by atoms with Gasteiger partial charge in [-0.1, -0.05) is 26.0 Å². The van der Waals surface area contributed by atoms with Crippen LogP contribution in [-0.2, 0) is 9.53 Å². The van der Waals surface area contributed by atoms with Gasteiger partial charge in [0.05, 0.1) is 11.6 Å². The highest BCUT2D eigenvalue weighted by atomic mass is 79.9. The lowest BCUT2D eigenvalue weighted by molar-refractivity contribution is -0.144. The van der Waals surface area contributed by atoms with E-state index in [0.717, 1.165) is 5.39 Å². The summed E-state index contributed by atoms with van der Waals surface area (Å²) < 4.78 is 20.6. The number of halogens is 2. The Kier molecular flexibility index (Phi) is 6.53. The van der Waals surface area contributed by atoms with Crippen molar-refractivity contribution in [1.29, 1.82) is 5.26 Å². The van der Waals surface area contributed by atoms with Crippen LogP contribution in [0.15, 0.2) is 47.1 Å². The van der Waals surface area contributed by atoms with Crippen LogP contribution in [0.4, 0.5) is 4.39 Å². The maximum atomic E-state index is 14.7. The first-order valence-electron chi connectivity index (χ1n) is 8.13. The van der Waals surface area contributed by atoms with Gasteiger partial charge in [-0.2, -0.15) is 5.26 Å². The number of hydrogen-bond acceptors (Lipinski definition) is 3. The molecule has 0 amide bonds. The standard InChI is InChI=1S/C18H12BrFN2O2.C2H6/c1-10(23)24-18(12-4-2-3-11(7-12)9-21)16-14(20)8-15-13(17(16)19)5-6-22-15;1-2/h2-8,18,22H,1H3;1-2H3. The highest BCUT2D eigenvalue weighted by Gasteiger charge is 2.26. The molecule has 3 rings (SSSR count). The molecule has 134 valence electrons. The number of fused-ring (bicyclic) bond motifs is 1. The zero-order valence-corrected chi connectivity index (χ0v) is 16.2. The zero-order valence-electron chi connectivity index (χ0n) is 14.6. The predicted molar refractivity (Wildman–Crippen MR) is 102 cm³/mol. The van der Waals surface area contributed by atoms with E-state index in [-0.39, 0.29) is 5.56 Å². The van der Waals surface area contributed by atoms with Crippen molar-refractivity contribution in [3.63, 3.8) is 0 Å². The summed E-state index contributed by atoms with van der Waals surface area (Å²) in [5.74, 6) is -1.05. The molecule has 0 spiro atoms. The van der Waals surface area contributed by atoms with Gasteiger partial charge in [0.2, 0.25) is 0 Å². The van der Waals surface area contributed by atoms with Crippen molar-refractivity contribution < 1.29 is 13.9 Å². The van der Waals surface area contributed by atoms with Crippen LogP contribution in [0.2, 0.25) is 0 Å². The molecule has 0 saturated carbocycles. The molecule has 1 unspecified atom stereocenters. The van der Waals surface area contributed by atoms with Crippen LogP contribution < -0.4 is 0 Å². The van der Waals surface area contributed by atoms with Crippen molar-refractivity contribution in [2.45, 2.75) is 26.9 Å². The average molecular weight is 417 g/mol. The molecule has 6 heteroatoms. The maximum Gasteiger partial charge on any atom is 0.303 e. The maximum absolute atomic E-state index is 14.7. The van der Waals surface area contributed by atoms with Crippen LogP contribution >= 0.6 is 15.9 Å². The quantitative estimate of drug-likeness (QED) is 0.563. The van der Waals surface area contributed by atoms with Gasteiger partial charge in [-0.15, -0.1) is 0 Å². The summed E-state index contributed by atoms with van der Waals surface area (Å²) in [5, 5.41) is 9.85. The Bertz CT molecular complexity index is 976. The first kappa shape index (κ1) is 19.7. The smallest absolute Gasteiger partial charge is 0.303 e. The highest BCUT2D eigenvalue weighted by molar-refractivity contribution is 9.10. The van der Waals surface area contributed by atoms with E-state index in [1.165, 1.54) is 13.0 Å². The molecule has 1 aromatic heterocycles. The minimum atomic E-state index is -0.954. The Labute approximate surface area is 159 Å². The molecule has 0 fully saturated rings. The minimum absolute atomic E-state index is 0.215. The molecule has 0 bridgehead atoms. The monoisotopic (exact) mass is 416 g/mol. The fourth-order valence-corrected chi connectivity index (χ4v) is 3.36. The Morgan fingerprint density at radius 2 is 2.04 bits per heavy atom. The zero-order chi connectivity index (χ0) is 19.3. The fraction of sp³-hybridized carbons (Fsp3) is 0.200. The molecule has 3 aromatic rings. The predicted octanol–water partition coefficient (Wildman–Crippen LogP) is 5.62. The lowest BCUT2D eigenvalue weighted by Gasteiger charge is -2.20. The molecule has 0 aliphatic heterocycles. The molecule has 0 aliphatic carbocycles. The van der Waals surface area contributed by atoms with E-state index >= 15 is 0 Å². The summed E-state index contributed by atoms with van der Waals surface area (Å²) in [6, 6.07) is 11.8. The number of benzene rings is 2. The number of rotatable bonds is 3. The van der Waals surface area contributed by atoms with Gasteiger partial charge in [-0.25, -0.2) is 4.39 Å². The first-order chi connectivity index (χ1) is 12.5. The third-order valence-electron chi connectivity index (χ3n) is 3.64. The molecule has 4 nitrogen and oxygen atoms in total. The molecular formula is C20H18BrFN2O2. The number of carbonyl (C=O) groups is 1. The number of carbonyl (C=O) groups excluding carboxylic acids is 1. The van der Waals surface area contributed by atoms with Crippen molar-refractivity contribution in [2.24, 2.45) is 0 Å². The number of aromatic amines is 1. The van der Waals surface area contributed by atoms with E-state index in [1.807, 2.05) is 19.9 Å². The summed E-state index contributed by atoms with van der Waals surface area (Å²) in [6.45, 7) is 5.27. The lowest BCUT2D eigenvalue weighted by Crippen LogP contribution is -2.13. The number of hydrogen-bond donors (Lipinski definition) is 1. The normalized spacial score (nSPS) is 11.2. The number of nitrogens with zero attached hydrogens (tertiary/aromatic N) is 1. The summed E-state index contributed by atoms with van der Waals surface area (Å²) in [4.78, 5) is 14.5. The largest absolute Gasteiger partial charge is 0.453 e. The molecule has 1 heterocycles. The fourth-order valence-electron chi connectivity index (χ4n) is 2.62. The first-order valence-corrected chi connectivity index (χ1v) is 8.93. The topological polar surface area (TPSA) is 65.9 Å². The molecule has 2 aromatic carbocycles. The second kappa shape index (κ2) is 8.63. The van der Waals surface area contributed by atoms with E-state index in [1.54, 1.807) is 36.5 Å². The van der Waals surface area contributed by atoms with Gasteiger partial charge < -0.3 is 9.72 Å². The minimum Gasteiger partial charge on any atom is -0.453 e. The van der Waals surface area contributed by atoms with Gasteiger partial charge >= 0.3 is 5.97 Å². The number of nitriles is 1. The van der Waals surface area contributed by atoms with Gasteiger partial charge in [-0.05, 0) is 45.8 Å².